The summed E-state index contributed by atoms with van der Waals surface area (Å²) in [6.07, 6.45) is -0.374. The second-order valence-electron chi connectivity index (χ2n) is 7.96. The zero-order chi connectivity index (χ0) is 20.9. The van der Waals surface area contributed by atoms with Crippen molar-refractivity contribution in [3.8, 4) is 0 Å². The SMILES string of the molecule is Cc1ccccc1C1(N2C[C@H](O)C[C@H]2C(=O)N(C)C)C(=O)Nc2ccc(I)cc21. The van der Waals surface area contributed by atoms with E-state index in [9.17, 15) is 14.7 Å². The fourth-order valence-corrected chi connectivity index (χ4v) is 5.15. The van der Waals surface area contributed by atoms with E-state index >= 15 is 0 Å². The summed E-state index contributed by atoms with van der Waals surface area (Å²) in [7, 11) is 3.41. The van der Waals surface area contributed by atoms with Gasteiger partial charge in [0, 0.05) is 35.5 Å². The van der Waals surface area contributed by atoms with Gasteiger partial charge in [0.2, 0.25) is 5.91 Å². The van der Waals surface area contributed by atoms with Gasteiger partial charge >= 0.3 is 0 Å². The van der Waals surface area contributed by atoms with E-state index < -0.39 is 17.7 Å². The summed E-state index contributed by atoms with van der Waals surface area (Å²) in [5, 5.41) is 13.6. The number of likely N-dealkylation sites (N-methyl/N-ethyl adjacent to an activating group) is 1. The topological polar surface area (TPSA) is 72.9 Å². The van der Waals surface area contributed by atoms with Crippen LogP contribution in [0.3, 0.4) is 0 Å². The summed E-state index contributed by atoms with van der Waals surface area (Å²) in [5.41, 5.74) is 2.21. The number of nitrogens with one attached hydrogen (secondary N) is 1. The summed E-state index contributed by atoms with van der Waals surface area (Å²) in [5.74, 6) is -0.296. The quantitative estimate of drug-likeness (QED) is 0.629. The zero-order valence-electron chi connectivity index (χ0n) is 16.6. The van der Waals surface area contributed by atoms with Crippen molar-refractivity contribution in [3.05, 3.63) is 62.7 Å². The Morgan fingerprint density at radius 3 is 2.66 bits per heavy atom. The van der Waals surface area contributed by atoms with Crippen LogP contribution in [0.5, 0.6) is 0 Å². The van der Waals surface area contributed by atoms with Gasteiger partial charge in [-0.25, -0.2) is 0 Å². The van der Waals surface area contributed by atoms with Crippen LogP contribution in [0.1, 0.15) is 23.1 Å². The molecule has 0 spiro atoms. The lowest BCUT2D eigenvalue weighted by atomic mass is 9.79. The van der Waals surface area contributed by atoms with Crippen molar-refractivity contribution < 1.29 is 14.7 Å². The molecule has 1 fully saturated rings. The Morgan fingerprint density at radius 1 is 1.24 bits per heavy atom. The molecule has 0 aromatic heterocycles. The van der Waals surface area contributed by atoms with Gasteiger partial charge in [0.25, 0.3) is 5.91 Å². The lowest BCUT2D eigenvalue weighted by Crippen LogP contribution is -2.57. The van der Waals surface area contributed by atoms with Crippen molar-refractivity contribution in [1.82, 2.24) is 9.80 Å². The minimum Gasteiger partial charge on any atom is -0.392 e. The third kappa shape index (κ3) is 3.06. The molecule has 1 unspecified atom stereocenters. The van der Waals surface area contributed by atoms with E-state index in [2.05, 4.69) is 27.9 Å². The van der Waals surface area contributed by atoms with Crippen molar-refractivity contribution in [3.63, 3.8) is 0 Å². The van der Waals surface area contributed by atoms with Gasteiger partial charge in [-0.3, -0.25) is 14.5 Å². The molecule has 7 heteroatoms. The maximum atomic E-state index is 13.7. The van der Waals surface area contributed by atoms with Crippen molar-refractivity contribution in [2.24, 2.45) is 0 Å². The van der Waals surface area contributed by atoms with Crippen molar-refractivity contribution in [2.45, 2.75) is 31.0 Å². The molecule has 29 heavy (non-hydrogen) atoms. The fourth-order valence-electron chi connectivity index (χ4n) is 4.66. The average Bonchev–Trinajstić information content (AvgIpc) is 3.19. The number of benzene rings is 2. The molecule has 0 aliphatic carbocycles. The van der Waals surface area contributed by atoms with Crippen molar-refractivity contribution >= 4 is 40.1 Å². The number of aryl methyl sites for hydroxylation is 1. The van der Waals surface area contributed by atoms with Gasteiger partial charge in [0.1, 0.15) is 0 Å². The summed E-state index contributed by atoms with van der Waals surface area (Å²) in [4.78, 5) is 30.2. The predicted molar refractivity (Wildman–Crippen MR) is 120 cm³/mol. The highest BCUT2D eigenvalue weighted by Crippen LogP contribution is 2.49. The van der Waals surface area contributed by atoms with Crippen molar-refractivity contribution in [1.29, 1.82) is 0 Å². The van der Waals surface area contributed by atoms with Gasteiger partial charge in [0.05, 0.1) is 12.1 Å². The number of halogens is 1. The highest BCUT2D eigenvalue weighted by atomic mass is 127. The van der Waals surface area contributed by atoms with Gasteiger partial charge < -0.3 is 15.3 Å². The summed E-state index contributed by atoms with van der Waals surface area (Å²) in [6, 6.07) is 13.1. The number of rotatable bonds is 3. The lowest BCUT2D eigenvalue weighted by Gasteiger charge is -2.41. The number of anilines is 1. The Labute approximate surface area is 184 Å². The number of amides is 2. The average molecular weight is 505 g/mol. The Morgan fingerprint density at radius 2 is 1.97 bits per heavy atom. The standard InChI is InChI=1S/C22H24IN3O3/c1-13-6-4-5-7-16(13)22(17-10-14(23)8-9-18(17)24-21(22)29)26-12-15(27)11-19(26)20(28)25(2)3/h4-10,15,19,27H,11-12H2,1-3H3,(H,24,29)/t15-,19+,22?/m1/s1. The van der Waals surface area contributed by atoms with E-state index in [0.29, 0.717) is 6.42 Å². The third-order valence-corrected chi connectivity index (χ3v) is 6.59. The van der Waals surface area contributed by atoms with Gasteiger partial charge in [-0.1, -0.05) is 24.3 Å². The van der Waals surface area contributed by atoms with E-state index in [1.807, 2.05) is 54.3 Å². The molecule has 2 N–H and O–H groups in total. The normalized spacial score (nSPS) is 26.3. The summed E-state index contributed by atoms with van der Waals surface area (Å²) < 4.78 is 1.01. The Hall–Kier alpha value is -1.97. The van der Waals surface area contributed by atoms with Crippen LogP contribution in [0, 0.1) is 10.5 Å². The van der Waals surface area contributed by atoms with Crippen LogP contribution in [-0.4, -0.2) is 59.5 Å². The van der Waals surface area contributed by atoms with Crippen LogP contribution in [0.15, 0.2) is 42.5 Å². The van der Waals surface area contributed by atoms with Crippen LogP contribution in [0.4, 0.5) is 5.69 Å². The first kappa shape index (κ1) is 20.3. The largest absolute Gasteiger partial charge is 0.392 e. The van der Waals surface area contributed by atoms with Crippen LogP contribution in [0.2, 0.25) is 0 Å². The first-order valence-electron chi connectivity index (χ1n) is 9.60. The van der Waals surface area contributed by atoms with E-state index in [0.717, 1.165) is 25.9 Å². The van der Waals surface area contributed by atoms with Crippen LogP contribution in [-0.2, 0) is 15.1 Å². The number of likely N-dealkylation sites (tertiary alicyclic amines) is 1. The number of aliphatic hydroxyl groups excluding tert-OH is 1. The first-order valence-corrected chi connectivity index (χ1v) is 10.7. The number of carbonyl (C=O) groups excluding carboxylic acids is 2. The van der Waals surface area contributed by atoms with Crippen LogP contribution in [0.25, 0.3) is 0 Å². The molecule has 2 heterocycles. The maximum Gasteiger partial charge on any atom is 0.254 e. The van der Waals surface area contributed by atoms with E-state index in [1.165, 1.54) is 4.90 Å². The van der Waals surface area contributed by atoms with Gasteiger partial charge in [-0.15, -0.1) is 0 Å². The number of hydrogen-bond acceptors (Lipinski definition) is 4. The molecule has 0 radical (unpaired) electrons. The molecule has 2 aliphatic heterocycles. The summed E-state index contributed by atoms with van der Waals surface area (Å²) >= 11 is 2.24. The molecule has 0 saturated carbocycles. The molecule has 1 saturated heterocycles. The molecule has 152 valence electrons. The second-order valence-corrected chi connectivity index (χ2v) is 9.21. The highest BCUT2D eigenvalue weighted by Gasteiger charge is 2.58. The number of fused-ring (bicyclic) bond motifs is 1. The molecule has 2 amide bonds. The number of aliphatic hydroxyl groups is 1. The Balaban J connectivity index is 2.02. The molecule has 4 rings (SSSR count). The number of β-amino-alcohol motifs (C(OH)–C–C–N with tert-alkyl or cyclic N) is 1. The number of carbonyl (C=O) groups is 2. The minimum atomic E-state index is -1.17. The van der Waals surface area contributed by atoms with E-state index in [-0.39, 0.29) is 18.4 Å². The molecular formula is C22H24IN3O3. The molecule has 2 aromatic rings. The second kappa shape index (κ2) is 7.37. The fraction of sp³-hybridized carbons (Fsp3) is 0.364. The Kier molecular flexibility index (Phi) is 5.16. The number of nitrogens with zero attached hydrogens (tertiary/aromatic N) is 2. The lowest BCUT2D eigenvalue weighted by molar-refractivity contribution is -0.138. The molecule has 6 nitrogen and oxygen atoms in total. The molecule has 3 atom stereocenters. The Bertz CT molecular complexity index is 993. The van der Waals surface area contributed by atoms with Gasteiger partial charge in [-0.2, -0.15) is 0 Å². The monoisotopic (exact) mass is 505 g/mol. The van der Waals surface area contributed by atoms with Crippen molar-refractivity contribution in [2.75, 3.05) is 26.0 Å². The first-order chi connectivity index (χ1) is 13.8. The number of hydrogen-bond donors (Lipinski definition) is 2. The zero-order valence-corrected chi connectivity index (χ0v) is 18.8. The van der Waals surface area contributed by atoms with E-state index in [4.69, 9.17) is 0 Å². The predicted octanol–water partition coefficient (Wildman–Crippen LogP) is 2.32. The molecule has 0 bridgehead atoms. The smallest absolute Gasteiger partial charge is 0.254 e. The van der Waals surface area contributed by atoms with Gasteiger partial charge in [-0.05, 0) is 65.3 Å². The van der Waals surface area contributed by atoms with Crippen LogP contribution >= 0.6 is 22.6 Å². The molecule has 2 aromatic carbocycles. The molecular weight excluding hydrogens is 481 g/mol. The maximum absolute atomic E-state index is 13.7. The van der Waals surface area contributed by atoms with Crippen LogP contribution < -0.4 is 5.32 Å². The third-order valence-electron chi connectivity index (χ3n) is 5.92. The van der Waals surface area contributed by atoms with Gasteiger partial charge in [0.15, 0.2) is 5.54 Å². The van der Waals surface area contributed by atoms with E-state index in [1.54, 1.807) is 14.1 Å². The highest BCUT2D eigenvalue weighted by molar-refractivity contribution is 14.1. The molecule has 2 aliphatic rings. The summed E-state index contributed by atoms with van der Waals surface area (Å²) in [6.45, 7) is 2.22. The minimum absolute atomic E-state index is 0.110.